The van der Waals surface area contributed by atoms with Gasteiger partial charge in [0.25, 0.3) is 0 Å². The van der Waals surface area contributed by atoms with Gasteiger partial charge in [0.2, 0.25) is 0 Å². The molecule has 0 amide bonds. The number of esters is 1. The summed E-state index contributed by atoms with van der Waals surface area (Å²) < 4.78 is 28.5. The number of carbonyl (C=O) groups excluding carboxylic acids is 1. The predicted octanol–water partition coefficient (Wildman–Crippen LogP) is 4.81. The number of para-hydroxylation sites is 1. The summed E-state index contributed by atoms with van der Waals surface area (Å²) in [6.07, 6.45) is 0.00587. The van der Waals surface area contributed by atoms with Crippen LogP contribution in [-0.4, -0.2) is 30.8 Å². The van der Waals surface area contributed by atoms with Gasteiger partial charge in [0.05, 0.1) is 42.8 Å². The molecule has 1 heterocycles. The Labute approximate surface area is 149 Å². The van der Waals surface area contributed by atoms with Crippen molar-refractivity contribution in [2.75, 3.05) is 19.8 Å². The third-order valence-electron chi connectivity index (χ3n) is 3.27. The van der Waals surface area contributed by atoms with Crippen LogP contribution in [0.3, 0.4) is 0 Å². The van der Waals surface area contributed by atoms with Crippen molar-refractivity contribution >= 4 is 24.5 Å². The van der Waals surface area contributed by atoms with E-state index in [-0.39, 0.29) is 33.4 Å². The predicted molar refractivity (Wildman–Crippen MR) is 99.0 cm³/mol. The molecule has 0 saturated heterocycles. The summed E-state index contributed by atoms with van der Waals surface area (Å²) in [6.45, 7) is 6.08. The number of hydrogen-bond donors (Lipinski definition) is 0. The van der Waals surface area contributed by atoms with Gasteiger partial charge >= 0.3 is 13.6 Å². The average molecular weight is 367 g/mol. The van der Waals surface area contributed by atoms with Gasteiger partial charge < -0.3 is 13.8 Å². The van der Waals surface area contributed by atoms with Crippen molar-refractivity contribution < 1.29 is 23.1 Å². The molecule has 0 bridgehead atoms. The molecule has 2 rings (SSSR count). The van der Waals surface area contributed by atoms with Gasteiger partial charge in [0, 0.05) is 5.39 Å². The molecule has 1 aromatic heterocycles. The van der Waals surface area contributed by atoms with Gasteiger partial charge in [-0.1, -0.05) is 25.6 Å². The van der Waals surface area contributed by atoms with Crippen molar-refractivity contribution in [3.8, 4) is 0 Å². The molecule has 2 aromatic rings. The molecule has 0 aliphatic heterocycles. The number of carbonyl (C=O) groups is 1. The fourth-order valence-corrected chi connectivity index (χ4v) is 4.01. The van der Waals surface area contributed by atoms with E-state index in [1.807, 2.05) is 18.2 Å². The first kappa shape index (κ1) is 21.3. The minimum absolute atomic E-state index is 0. The summed E-state index contributed by atoms with van der Waals surface area (Å²) in [4.78, 5) is 16.7. The summed E-state index contributed by atoms with van der Waals surface area (Å²) in [5.74, 6) is -0.431. The highest BCUT2D eigenvalue weighted by Gasteiger charge is 2.26. The smallest absolute Gasteiger partial charge is 0.338 e. The second-order valence-corrected chi connectivity index (χ2v) is 7.06. The van der Waals surface area contributed by atoms with Crippen LogP contribution in [0.25, 0.3) is 10.9 Å². The Balaban J connectivity index is 0.00000312. The zero-order chi connectivity index (χ0) is 17.6. The van der Waals surface area contributed by atoms with E-state index >= 15 is 0 Å². The molecular formula is C18H26NO5P. The summed E-state index contributed by atoms with van der Waals surface area (Å²) >= 11 is 0. The van der Waals surface area contributed by atoms with E-state index in [0.29, 0.717) is 22.2 Å². The minimum atomic E-state index is -3.30. The van der Waals surface area contributed by atoms with Crippen molar-refractivity contribution in [2.24, 2.45) is 0 Å². The molecule has 0 N–H and O–H groups in total. The quantitative estimate of drug-likeness (QED) is 0.492. The molecular weight excluding hydrogens is 341 g/mol. The Morgan fingerprint density at radius 3 is 2.32 bits per heavy atom. The molecule has 0 fully saturated rings. The van der Waals surface area contributed by atoms with Crippen LogP contribution in [0.5, 0.6) is 0 Å². The van der Waals surface area contributed by atoms with Crippen LogP contribution < -0.4 is 0 Å². The molecule has 6 nitrogen and oxygen atoms in total. The van der Waals surface area contributed by atoms with E-state index in [4.69, 9.17) is 13.8 Å². The number of hydrogen-bond acceptors (Lipinski definition) is 6. The normalized spacial score (nSPS) is 11.2. The Kier molecular flexibility index (Phi) is 8.23. The molecule has 0 spiro atoms. The van der Waals surface area contributed by atoms with Gasteiger partial charge in [0.1, 0.15) is 0 Å². The fourth-order valence-electron chi connectivity index (χ4n) is 2.41. The van der Waals surface area contributed by atoms with Gasteiger partial charge in [0.15, 0.2) is 0 Å². The molecule has 138 valence electrons. The minimum Gasteiger partial charge on any atom is -0.462 e. The van der Waals surface area contributed by atoms with Crippen LogP contribution >= 0.6 is 7.60 Å². The molecule has 0 aliphatic rings. The number of pyridine rings is 1. The lowest BCUT2D eigenvalue weighted by molar-refractivity contribution is 0.0528. The first-order valence-corrected chi connectivity index (χ1v) is 9.69. The summed E-state index contributed by atoms with van der Waals surface area (Å²) in [6, 6.07) is 8.87. The van der Waals surface area contributed by atoms with Gasteiger partial charge in [-0.15, -0.1) is 0 Å². The third-order valence-corrected chi connectivity index (χ3v) is 5.29. The number of aromatic nitrogens is 1. The largest absolute Gasteiger partial charge is 0.462 e. The maximum Gasteiger partial charge on any atom is 0.338 e. The average Bonchev–Trinajstić information content (AvgIpc) is 2.54. The Bertz CT molecular complexity index is 752. The molecule has 0 radical (unpaired) electrons. The lowest BCUT2D eigenvalue weighted by Crippen LogP contribution is -2.08. The topological polar surface area (TPSA) is 74.7 Å². The van der Waals surface area contributed by atoms with E-state index in [1.54, 1.807) is 32.9 Å². The first-order chi connectivity index (χ1) is 11.5. The van der Waals surface area contributed by atoms with Gasteiger partial charge in [-0.05, 0) is 32.9 Å². The van der Waals surface area contributed by atoms with Gasteiger partial charge in [-0.25, -0.2) is 4.79 Å². The highest BCUT2D eigenvalue weighted by Crippen LogP contribution is 2.51. The zero-order valence-electron chi connectivity index (χ0n) is 14.2. The van der Waals surface area contributed by atoms with Crippen LogP contribution in [0, 0.1) is 0 Å². The van der Waals surface area contributed by atoms with E-state index < -0.39 is 13.6 Å². The molecule has 7 heteroatoms. The summed E-state index contributed by atoms with van der Waals surface area (Å²) in [5, 5.41) is 0.697. The standard InChI is InChI=1S/C17H22NO5P.CH4/c1-4-21-17(19)15-11-13(12-24(20,22-5-2)23-6-3)18-16-10-8-7-9-14(15)16;/h7-11H,4-6,12H2,1-3H3;1H4. The molecule has 0 saturated carbocycles. The molecule has 0 aliphatic carbocycles. The second kappa shape index (κ2) is 9.66. The summed E-state index contributed by atoms with van der Waals surface area (Å²) in [5.41, 5.74) is 1.51. The third kappa shape index (κ3) is 5.36. The number of rotatable bonds is 8. The maximum absolute atomic E-state index is 12.7. The van der Waals surface area contributed by atoms with Crippen LogP contribution in [0.15, 0.2) is 30.3 Å². The van der Waals surface area contributed by atoms with Crippen molar-refractivity contribution in [3.05, 3.63) is 41.6 Å². The molecule has 1 aromatic carbocycles. The molecule has 0 atom stereocenters. The van der Waals surface area contributed by atoms with Gasteiger partial charge in [-0.2, -0.15) is 0 Å². The monoisotopic (exact) mass is 367 g/mol. The number of nitrogens with zero attached hydrogens (tertiary/aromatic N) is 1. The Hall–Kier alpha value is -1.75. The molecule has 25 heavy (non-hydrogen) atoms. The Morgan fingerprint density at radius 2 is 1.72 bits per heavy atom. The fraction of sp³-hybridized carbons (Fsp3) is 0.444. The Morgan fingerprint density at radius 1 is 1.08 bits per heavy atom. The van der Waals surface area contributed by atoms with Gasteiger partial charge in [-0.3, -0.25) is 9.55 Å². The number of fused-ring (bicyclic) bond motifs is 1. The second-order valence-electron chi connectivity index (χ2n) is 5.00. The van der Waals surface area contributed by atoms with Crippen LogP contribution in [-0.2, 0) is 24.5 Å². The number of benzene rings is 1. The van der Waals surface area contributed by atoms with Crippen LogP contribution in [0.2, 0.25) is 0 Å². The van der Waals surface area contributed by atoms with E-state index in [2.05, 4.69) is 4.98 Å². The van der Waals surface area contributed by atoms with E-state index in [9.17, 15) is 9.36 Å². The lowest BCUT2D eigenvalue weighted by atomic mass is 10.1. The first-order valence-electron chi connectivity index (χ1n) is 7.97. The maximum atomic E-state index is 12.7. The van der Waals surface area contributed by atoms with Crippen molar-refractivity contribution in [1.82, 2.24) is 4.98 Å². The highest BCUT2D eigenvalue weighted by molar-refractivity contribution is 7.53. The van der Waals surface area contributed by atoms with Crippen molar-refractivity contribution in [3.63, 3.8) is 0 Å². The zero-order valence-corrected chi connectivity index (χ0v) is 15.0. The lowest BCUT2D eigenvalue weighted by Gasteiger charge is -2.17. The molecule has 0 unspecified atom stereocenters. The van der Waals surface area contributed by atoms with Crippen LogP contribution in [0.4, 0.5) is 0 Å². The summed E-state index contributed by atoms with van der Waals surface area (Å²) in [7, 11) is -3.30. The highest BCUT2D eigenvalue weighted by atomic mass is 31.2. The van der Waals surface area contributed by atoms with Crippen molar-refractivity contribution in [2.45, 2.75) is 34.4 Å². The number of ether oxygens (including phenoxy) is 1. The van der Waals surface area contributed by atoms with Crippen LogP contribution in [0.1, 0.15) is 44.2 Å². The van der Waals surface area contributed by atoms with E-state index in [1.165, 1.54) is 0 Å². The van der Waals surface area contributed by atoms with E-state index in [0.717, 1.165) is 0 Å². The van der Waals surface area contributed by atoms with Crippen molar-refractivity contribution in [1.29, 1.82) is 0 Å². The SMILES string of the molecule is C.CCOC(=O)c1cc(CP(=O)(OCC)OCC)nc2ccccc12.